The second-order valence-electron chi connectivity index (χ2n) is 16.8. The summed E-state index contributed by atoms with van der Waals surface area (Å²) in [5.74, 6) is 0.110. The van der Waals surface area contributed by atoms with Gasteiger partial charge in [-0.05, 0) is 140 Å². The van der Waals surface area contributed by atoms with Gasteiger partial charge in [-0.3, -0.25) is 9.59 Å². The lowest BCUT2D eigenvalue weighted by Gasteiger charge is -2.35. The molecular weight excluding hydrogens is 805 g/mol. The summed E-state index contributed by atoms with van der Waals surface area (Å²) >= 11 is 2.94. The van der Waals surface area contributed by atoms with Crippen molar-refractivity contribution in [2.75, 3.05) is 20.1 Å². The molecule has 5 N–H and O–H groups in total. The van der Waals surface area contributed by atoms with Crippen molar-refractivity contribution in [2.45, 2.75) is 88.6 Å². The van der Waals surface area contributed by atoms with Crippen molar-refractivity contribution in [3.8, 4) is 16.2 Å². The van der Waals surface area contributed by atoms with Crippen molar-refractivity contribution in [2.24, 2.45) is 5.92 Å². The van der Waals surface area contributed by atoms with Gasteiger partial charge in [0.15, 0.2) is 11.4 Å². The van der Waals surface area contributed by atoms with E-state index < -0.39 is 11.7 Å². The van der Waals surface area contributed by atoms with E-state index in [2.05, 4.69) is 55.4 Å². The third-order valence-corrected chi connectivity index (χ3v) is 15.2. The van der Waals surface area contributed by atoms with Crippen molar-refractivity contribution >= 4 is 50.4 Å². The second-order valence-corrected chi connectivity index (χ2v) is 18.8. The van der Waals surface area contributed by atoms with Gasteiger partial charge in [0.25, 0.3) is 0 Å². The third kappa shape index (κ3) is 8.35. The molecule has 4 aromatic heterocycles. The highest BCUT2D eigenvalue weighted by molar-refractivity contribution is 7.16. The molecule has 9 rings (SSSR count). The first-order valence-electron chi connectivity index (χ1n) is 21.4. The van der Waals surface area contributed by atoms with Crippen molar-refractivity contribution in [1.29, 1.82) is 0 Å². The number of fused-ring (bicyclic) bond motifs is 4. The van der Waals surface area contributed by atoms with Crippen LogP contribution in [-0.2, 0) is 36.3 Å². The number of nitrogens with zero attached hydrogens (tertiary/aromatic N) is 4. The maximum Gasteiger partial charge on any atom is 0.248 e. The molecule has 0 aliphatic heterocycles. The Bertz CT molecular complexity index is 2700. The summed E-state index contributed by atoms with van der Waals surface area (Å²) in [7, 11) is 2.21. The lowest BCUT2D eigenvalue weighted by atomic mass is 9.79. The molecule has 7 aromatic rings. The molecule has 0 amide bonds. The number of nitrogens with one attached hydrogen (secondary N) is 2. The first-order valence-corrected chi connectivity index (χ1v) is 23.1. The van der Waals surface area contributed by atoms with Crippen molar-refractivity contribution in [1.82, 2.24) is 30.2 Å². The highest BCUT2D eigenvalue weighted by atomic mass is 32.1. The minimum Gasteiger partial charge on any atom is -0.506 e. The molecular formula is C48H52N6O5S2. The standard InChI is InChI=1S/C48H52N6O5S2/c1-53(33-15-13-30(14-16-33)26-42(57)48(59,43-12-6-25-60-43)44-21-20-41(61-44)31-8-3-2-4-9-31)23-7-24-54-47-37-11-5-10-34(37)32(27-38(47)51-52-54)28-49-29-40(56)35-17-19-39(55)46-36(35)18-22-45(58)50-46/h2-4,6,8-9,12,17-22,25,27,30,33,40,49,55-56,59H,5,7,10-11,13-16,23-24,26,28-29H2,1H3,(H,50,58)/t30?,33?,40-,48+/m0/s1. The number of phenols is 1. The maximum absolute atomic E-state index is 14.1. The first-order chi connectivity index (χ1) is 29.7. The van der Waals surface area contributed by atoms with E-state index in [0.29, 0.717) is 51.8 Å². The van der Waals surface area contributed by atoms with E-state index >= 15 is 0 Å². The molecule has 0 bridgehead atoms. The molecule has 3 aromatic carbocycles. The Hall–Kier alpha value is -5.02. The van der Waals surface area contributed by atoms with Gasteiger partial charge in [0, 0.05) is 58.2 Å². The van der Waals surface area contributed by atoms with E-state index in [1.54, 1.807) is 12.1 Å². The molecule has 316 valence electrons. The Balaban J connectivity index is 0.780. The zero-order chi connectivity index (χ0) is 42.1. The quantitative estimate of drug-likeness (QED) is 0.0653. The van der Waals surface area contributed by atoms with Crippen LogP contribution in [0.25, 0.3) is 32.4 Å². The Morgan fingerprint density at radius 2 is 1.82 bits per heavy atom. The number of aromatic hydroxyl groups is 1. The molecule has 2 aliphatic rings. The predicted molar refractivity (Wildman–Crippen MR) is 242 cm³/mol. The number of hydrogen-bond donors (Lipinski definition) is 5. The van der Waals surface area contributed by atoms with Gasteiger partial charge in [-0.25, -0.2) is 4.68 Å². The van der Waals surface area contributed by atoms with Crippen LogP contribution in [0.2, 0.25) is 0 Å². The summed E-state index contributed by atoms with van der Waals surface area (Å²) < 4.78 is 2.09. The number of aliphatic hydroxyl groups excluding tert-OH is 1. The topological polar surface area (TPSA) is 157 Å². The van der Waals surface area contributed by atoms with Gasteiger partial charge >= 0.3 is 0 Å². The van der Waals surface area contributed by atoms with Crippen molar-refractivity contribution < 1.29 is 20.1 Å². The number of aryl methyl sites for hydroxylation is 2. The number of phenolic OH excluding ortho intramolecular Hbond substituents is 1. The number of aromatic nitrogens is 4. The number of thiophene rings is 2. The van der Waals surface area contributed by atoms with Crippen LogP contribution in [0.1, 0.15) is 83.1 Å². The molecule has 0 saturated heterocycles. The van der Waals surface area contributed by atoms with Gasteiger partial charge in [-0.15, -0.1) is 27.8 Å². The normalized spacial score (nSPS) is 18.2. The van der Waals surface area contributed by atoms with Crippen LogP contribution in [-0.4, -0.2) is 72.2 Å². The highest BCUT2D eigenvalue weighted by Crippen LogP contribution is 2.43. The van der Waals surface area contributed by atoms with E-state index in [1.165, 1.54) is 51.5 Å². The summed E-state index contributed by atoms with van der Waals surface area (Å²) in [6.07, 6.45) is 7.55. The van der Waals surface area contributed by atoms with E-state index in [9.17, 15) is 24.9 Å². The number of carbonyl (C=O) groups is 1. The molecule has 61 heavy (non-hydrogen) atoms. The van der Waals surface area contributed by atoms with E-state index in [0.717, 1.165) is 85.9 Å². The van der Waals surface area contributed by atoms with Crippen LogP contribution in [0.3, 0.4) is 0 Å². The fourth-order valence-corrected chi connectivity index (χ4v) is 11.7. The number of ketones is 1. The summed E-state index contributed by atoms with van der Waals surface area (Å²) in [5, 5.41) is 48.8. The van der Waals surface area contributed by atoms with Gasteiger partial charge < -0.3 is 30.5 Å². The van der Waals surface area contributed by atoms with Crippen LogP contribution >= 0.6 is 22.7 Å². The number of rotatable bonds is 16. The summed E-state index contributed by atoms with van der Waals surface area (Å²) in [6, 6.07) is 26.7. The molecule has 2 aliphatic carbocycles. The second kappa shape index (κ2) is 17.8. The number of carbonyl (C=O) groups excluding carboxylic acids is 1. The monoisotopic (exact) mass is 856 g/mol. The Morgan fingerprint density at radius 1 is 1.00 bits per heavy atom. The largest absolute Gasteiger partial charge is 0.506 e. The lowest BCUT2D eigenvalue weighted by molar-refractivity contribution is -0.135. The SMILES string of the molecule is CN(CCCn1nnc2cc(CNC[C@H](O)c3ccc(O)c4[nH]c(=O)ccc34)c3c(c21)CCC3)C1CCC(CC(=O)[C@@](O)(c2cccs2)c2ccc(-c3ccccc3)s2)CC1. The summed E-state index contributed by atoms with van der Waals surface area (Å²) in [5.41, 5.74) is 5.98. The minimum absolute atomic E-state index is 0.0290. The number of H-pyrrole nitrogens is 1. The Morgan fingerprint density at radius 3 is 2.62 bits per heavy atom. The third-order valence-electron chi connectivity index (χ3n) is 13.0. The van der Waals surface area contributed by atoms with Crippen LogP contribution in [0.15, 0.2) is 95.1 Å². The molecule has 1 saturated carbocycles. The fraction of sp³-hybridized carbons (Fsp3) is 0.375. The molecule has 0 radical (unpaired) electrons. The van der Waals surface area contributed by atoms with Crippen molar-refractivity contribution in [3.05, 3.63) is 133 Å². The molecule has 0 spiro atoms. The Labute approximate surface area is 362 Å². The number of hydrogen-bond acceptors (Lipinski definition) is 11. The van der Waals surface area contributed by atoms with Crippen LogP contribution in [0.4, 0.5) is 0 Å². The number of Topliss-reactive ketones (excluding diaryl/α,β-unsaturated/α-hetero) is 1. The smallest absolute Gasteiger partial charge is 0.248 e. The van der Waals surface area contributed by atoms with Gasteiger partial charge in [0.05, 0.1) is 17.1 Å². The lowest BCUT2D eigenvalue weighted by Crippen LogP contribution is -2.39. The molecule has 2 atom stereocenters. The number of benzene rings is 3. The average Bonchev–Trinajstić information content (AvgIpc) is 4.12. The molecule has 1 fully saturated rings. The zero-order valence-electron chi connectivity index (χ0n) is 34.3. The van der Waals surface area contributed by atoms with E-state index in [-0.39, 0.29) is 23.0 Å². The number of aliphatic hydroxyl groups is 2. The van der Waals surface area contributed by atoms with Gasteiger partial charge in [0.1, 0.15) is 11.3 Å². The van der Waals surface area contributed by atoms with Gasteiger partial charge in [-0.1, -0.05) is 47.7 Å². The summed E-state index contributed by atoms with van der Waals surface area (Å²) in [6.45, 7) is 2.60. The minimum atomic E-state index is -1.64. The fourth-order valence-electron chi connectivity index (χ4n) is 9.69. The molecule has 11 nitrogen and oxygen atoms in total. The molecule has 4 heterocycles. The first kappa shape index (κ1) is 41.3. The van der Waals surface area contributed by atoms with E-state index in [1.807, 2.05) is 47.8 Å². The highest BCUT2D eigenvalue weighted by Gasteiger charge is 2.43. The van der Waals surface area contributed by atoms with Crippen LogP contribution in [0.5, 0.6) is 5.75 Å². The number of aromatic amines is 1. The van der Waals surface area contributed by atoms with Crippen LogP contribution < -0.4 is 10.9 Å². The van der Waals surface area contributed by atoms with Crippen LogP contribution in [0, 0.1) is 5.92 Å². The van der Waals surface area contributed by atoms with Gasteiger partial charge in [0.2, 0.25) is 5.56 Å². The number of pyridine rings is 1. The van der Waals surface area contributed by atoms with E-state index in [4.69, 9.17) is 0 Å². The average molecular weight is 857 g/mol. The van der Waals surface area contributed by atoms with Crippen molar-refractivity contribution in [3.63, 3.8) is 0 Å². The Kier molecular flexibility index (Phi) is 12.0. The maximum atomic E-state index is 14.1. The predicted octanol–water partition coefficient (Wildman–Crippen LogP) is 7.86. The summed E-state index contributed by atoms with van der Waals surface area (Å²) in [4.78, 5) is 33.5. The molecule has 0 unspecified atom stereocenters. The van der Waals surface area contributed by atoms with Gasteiger partial charge in [-0.2, -0.15) is 0 Å². The molecule has 13 heteroatoms. The zero-order valence-corrected chi connectivity index (χ0v) is 36.0.